The number of carbonyl (C=O) groups excluding carboxylic acids is 1. The van der Waals surface area contributed by atoms with Gasteiger partial charge in [-0.05, 0) is 48.1 Å². The fraction of sp³-hybridized carbons (Fsp3) is 0.353. The molecule has 0 fully saturated rings. The maximum absolute atomic E-state index is 12.1. The number of anilines is 1. The average Bonchev–Trinajstić information content (AvgIpc) is 2.71. The predicted octanol–water partition coefficient (Wildman–Crippen LogP) is -1.06. The zero-order valence-corrected chi connectivity index (χ0v) is 25.8. The van der Waals surface area contributed by atoms with Gasteiger partial charge in [0, 0.05) is 16.4 Å². The van der Waals surface area contributed by atoms with E-state index in [9.17, 15) is 22.6 Å². The second-order valence-corrected chi connectivity index (χ2v) is 11.9. The number of halogens is 1. The summed E-state index contributed by atoms with van der Waals surface area (Å²) in [5.41, 5.74) is 5.09. The van der Waals surface area contributed by atoms with Crippen LogP contribution in [-0.4, -0.2) is 71.3 Å². The Labute approximate surface area is 243 Å². The van der Waals surface area contributed by atoms with Gasteiger partial charge in [0.25, 0.3) is 0 Å². The van der Waals surface area contributed by atoms with Crippen LogP contribution in [0.4, 0.5) is 10.7 Å². The van der Waals surface area contributed by atoms with Crippen LogP contribution in [-0.2, 0) is 19.4 Å². The molecule has 1 aromatic carbocycles. The van der Waals surface area contributed by atoms with Crippen LogP contribution in [0.3, 0.4) is 0 Å². The number of urea groups is 1. The van der Waals surface area contributed by atoms with E-state index in [0.29, 0.717) is 9.39 Å². The van der Waals surface area contributed by atoms with Gasteiger partial charge < -0.3 is 36.7 Å². The molecule has 0 radical (unpaired) electrons. The van der Waals surface area contributed by atoms with Crippen LogP contribution in [0.2, 0.25) is 0 Å². The fourth-order valence-corrected chi connectivity index (χ4v) is 4.94. The van der Waals surface area contributed by atoms with Crippen molar-refractivity contribution in [2.45, 2.75) is 24.3 Å². The molecule has 0 spiro atoms. The molecule has 19 heteroatoms. The van der Waals surface area contributed by atoms with E-state index in [-0.39, 0.29) is 65.1 Å². The number of carbonyl (C=O) groups is 2. The molecule has 0 saturated heterocycles. The van der Waals surface area contributed by atoms with Crippen LogP contribution in [0, 0.1) is 10.5 Å². The smallest absolute Gasteiger partial charge is 0.480 e. The molecule has 2 atom stereocenters. The first kappa shape index (κ1) is 36.7. The van der Waals surface area contributed by atoms with Crippen LogP contribution in [0.15, 0.2) is 29.2 Å². The second-order valence-electron chi connectivity index (χ2n) is 6.63. The molecule has 2 unspecified atom stereocenters. The molecule has 0 aliphatic carbocycles. The first-order valence-corrected chi connectivity index (χ1v) is 14.0. The van der Waals surface area contributed by atoms with Crippen LogP contribution in [0.5, 0.6) is 6.01 Å². The van der Waals surface area contributed by atoms with Crippen molar-refractivity contribution < 1.29 is 66.9 Å². The Morgan fingerprint density at radius 1 is 1.28 bits per heavy atom. The number of methoxy groups -OCH3 is 1. The normalized spacial score (nSPS) is 12.7. The molecular formula is C17H26IN7NaO8PS. The van der Waals surface area contributed by atoms with Crippen LogP contribution < -0.4 is 51.5 Å². The maximum Gasteiger partial charge on any atom is 1.00 e. The van der Waals surface area contributed by atoms with Crippen LogP contribution in [0.1, 0.15) is 12.2 Å². The Morgan fingerprint density at radius 2 is 1.86 bits per heavy atom. The second kappa shape index (κ2) is 16.4. The average molecular weight is 669 g/mol. The van der Waals surface area contributed by atoms with Crippen molar-refractivity contribution in [3.8, 4) is 6.01 Å². The summed E-state index contributed by atoms with van der Waals surface area (Å²) in [6, 6.07) is 4.04. The minimum Gasteiger partial charge on any atom is -0.480 e. The SMILES string of the molecule is COc1nc(C)nc(NC(=O)[N-]S(=O)(=O)c2ccccc2I)n1.CP(=O)(O)CCC(N)C(=O)O.N.[Na+]. The number of aromatic nitrogens is 3. The minimum absolute atomic E-state index is 0. The maximum atomic E-state index is 12.1. The topological polar surface area (TPSA) is 261 Å². The number of nitrogens with two attached hydrogens (primary N) is 1. The summed E-state index contributed by atoms with van der Waals surface area (Å²) in [5.74, 6) is -0.993. The van der Waals surface area contributed by atoms with E-state index in [1.54, 1.807) is 25.1 Å². The quantitative estimate of drug-likeness (QED) is 0.128. The van der Waals surface area contributed by atoms with Crippen molar-refractivity contribution in [1.82, 2.24) is 21.1 Å². The molecule has 36 heavy (non-hydrogen) atoms. The van der Waals surface area contributed by atoms with Gasteiger partial charge in [-0.1, -0.05) is 12.1 Å². The molecule has 15 nitrogen and oxygen atoms in total. The number of carboxylic acid groups (broad SMARTS) is 1. The van der Waals surface area contributed by atoms with Gasteiger partial charge in [-0.3, -0.25) is 14.2 Å². The molecule has 1 aromatic heterocycles. The summed E-state index contributed by atoms with van der Waals surface area (Å²) < 4.78 is 43.4. The number of aliphatic carboxylic acids is 1. The Bertz CT molecular complexity index is 1190. The van der Waals surface area contributed by atoms with E-state index in [1.165, 1.54) is 19.8 Å². The van der Waals surface area contributed by atoms with Gasteiger partial charge in [0.05, 0.1) is 12.0 Å². The number of benzene rings is 1. The number of amides is 2. The van der Waals surface area contributed by atoms with E-state index in [4.69, 9.17) is 20.5 Å². The third kappa shape index (κ3) is 13.8. The number of ether oxygens (including phenoxy) is 1. The number of hydrogen-bond acceptors (Lipinski definition) is 11. The number of carboxylic acids is 1. The summed E-state index contributed by atoms with van der Waals surface area (Å²) in [6.45, 7) is 2.75. The third-order valence-electron chi connectivity index (χ3n) is 3.62. The van der Waals surface area contributed by atoms with Crippen LogP contribution >= 0.6 is 30.0 Å². The van der Waals surface area contributed by atoms with Crippen molar-refractivity contribution >= 4 is 57.9 Å². The van der Waals surface area contributed by atoms with E-state index >= 15 is 0 Å². The van der Waals surface area contributed by atoms with E-state index in [1.807, 2.05) is 22.6 Å². The Hall–Kier alpha value is -1.44. The van der Waals surface area contributed by atoms with Gasteiger partial charge in [0.2, 0.25) is 10.0 Å². The van der Waals surface area contributed by atoms with Crippen molar-refractivity contribution in [2.24, 2.45) is 5.73 Å². The molecule has 0 aliphatic heterocycles. The minimum atomic E-state index is -4.13. The number of rotatable bonds is 8. The van der Waals surface area contributed by atoms with Gasteiger partial charge in [-0.2, -0.15) is 9.97 Å². The molecule has 0 bridgehead atoms. The van der Waals surface area contributed by atoms with E-state index < -0.39 is 35.4 Å². The van der Waals surface area contributed by atoms with Crippen molar-refractivity contribution in [1.29, 1.82) is 0 Å². The summed E-state index contributed by atoms with van der Waals surface area (Å²) in [5, 5.41) is 10.5. The fourth-order valence-electron chi connectivity index (χ4n) is 2.04. The Morgan fingerprint density at radius 3 is 2.36 bits per heavy atom. The number of nitrogens with one attached hydrogen (secondary N) is 1. The molecule has 2 aromatic rings. The van der Waals surface area contributed by atoms with Crippen LogP contribution in [0.25, 0.3) is 4.72 Å². The predicted molar refractivity (Wildman–Crippen MR) is 136 cm³/mol. The van der Waals surface area contributed by atoms with Gasteiger partial charge in [0.15, 0.2) is 19.3 Å². The van der Waals surface area contributed by atoms with Gasteiger partial charge >= 0.3 is 41.5 Å². The summed E-state index contributed by atoms with van der Waals surface area (Å²) >= 11 is 1.85. The molecule has 2 rings (SSSR count). The summed E-state index contributed by atoms with van der Waals surface area (Å²) in [6.07, 6.45) is 0.0000772. The van der Waals surface area contributed by atoms with E-state index in [2.05, 4.69) is 25.0 Å². The first-order valence-electron chi connectivity index (χ1n) is 9.22. The Balaban J connectivity index is 0. The van der Waals surface area contributed by atoms with Crippen molar-refractivity contribution in [3.05, 3.63) is 38.4 Å². The Kier molecular flexibility index (Phi) is 16.7. The van der Waals surface area contributed by atoms with Gasteiger partial charge in [0.1, 0.15) is 11.9 Å². The molecule has 2 amide bonds. The molecule has 196 valence electrons. The number of hydrogen-bond donors (Lipinski definition) is 5. The zero-order valence-electron chi connectivity index (χ0n) is 20.0. The molecule has 0 saturated carbocycles. The molecule has 0 aliphatic rings. The van der Waals surface area contributed by atoms with Gasteiger partial charge in [-0.25, -0.2) is 13.4 Å². The summed E-state index contributed by atoms with van der Waals surface area (Å²) in [7, 11) is -5.88. The number of aryl methyl sites for hydroxylation is 1. The molecular weight excluding hydrogens is 643 g/mol. The monoisotopic (exact) mass is 669 g/mol. The summed E-state index contributed by atoms with van der Waals surface area (Å²) in [4.78, 5) is 42.1. The third-order valence-corrected chi connectivity index (χ3v) is 7.33. The molecule has 8 N–H and O–H groups in total. The number of sulfonamides is 1. The zero-order chi connectivity index (χ0) is 26.1. The van der Waals surface area contributed by atoms with Gasteiger partial charge in [-0.15, -0.1) is 0 Å². The van der Waals surface area contributed by atoms with Crippen molar-refractivity contribution in [3.63, 3.8) is 0 Å². The molecule has 1 heterocycles. The van der Waals surface area contributed by atoms with E-state index in [0.717, 1.165) is 0 Å². The largest absolute Gasteiger partial charge is 1.00 e. The van der Waals surface area contributed by atoms with Crippen molar-refractivity contribution in [2.75, 3.05) is 25.3 Å². The first-order chi connectivity index (χ1) is 15.6. The number of nitrogens with zero attached hydrogens (tertiary/aromatic N) is 4. The standard InChI is InChI=1S/C12H12IN5O4S.C5H12NO4P.H3N.Na/c1-7-14-10(17-12(15-7)22-2)16-11(19)18-23(20,21)9-6-4-3-5-8(9)13;1-11(9,10)3-2-4(6)5(7)8;;/h3-6H,1-2H3,(H2,14,15,16,17,18,19);4H,2-3,6H2,1H3,(H,7,8)(H,9,10);1H3;/q;;;+1/p-1.